The van der Waals surface area contributed by atoms with Crippen LogP contribution in [0.4, 0.5) is 0 Å². The topological polar surface area (TPSA) is 70.6 Å². The maximum absolute atomic E-state index is 11.3. The molecule has 0 aromatic carbocycles. The van der Waals surface area contributed by atoms with Crippen molar-refractivity contribution >= 4 is 18.0 Å². The minimum absolute atomic E-state index is 0.195. The molecule has 0 saturated heterocycles. The summed E-state index contributed by atoms with van der Waals surface area (Å²) in [6, 6.07) is 0.195. The Morgan fingerprint density at radius 2 is 2.00 bits per heavy atom. The number of hydrazone groups is 1. The van der Waals surface area contributed by atoms with Gasteiger partial charge in [-0.05, 0) is 38.0 Å². The molecule has 92 valence electrons. The van der Waals surface area contributed by atoms with E-state index >= 15 is 0 Å². The normalized spacial score (nSPS) is 23.6. The van der Waals surface area contributed by atoms with Crippen LogP contribution in [0.3, 0.4) is 0 Å². The molecule has 1 atom stereocenters. The Morgan fingerprint density at radius 1 is 1.18 bits per heavy atom. The summed E-state index contributed by atoms with van der Waals surface area (Å²) < 4.78 is 0. The number of hydrogen-bond acceptors (Lipinski definition) is 3. The highest BCUT2D eigenvalue weighted by Crippen LogP contribution is 2.18. The molecule has 2 aliphatic carbocycles. The van der Waals surface area contributed by atoms with E-state index in [2.05, 4.69) is 28.0 Å². The molecule has 0 aromatic heterocycles. The van der Waals surface area contributed by atoms with Gasteiger partial charge >= 0.3 is 11.8 Å². The molecule has 0 spiro atoms. The van der Waals surface area contributed by atoms with Crippen molar-refractivity contribution in [1.82, 2.24) is 10.7 Å². The van der Waals surface area contributed by atoms with Crippen LogP contribution in [0.5, 0.6) is 0 Å². The van der Waals surface area contributed by atoms with Gasteiger partial charge in [-0.15, -0.1) is 0 Å². The maximum atomic E-state index is 11.3. The van der Waals surface area contributed by atoms with Gasteiger partial charge in [-0.2, -0.15) is 5.10 Å². The molecule has 2 N–H and O–H groups in total. The summed E-state index contributed by atoms with van der Waals surface area (Å²) >= 11 is 0. The van der Waals surface area contributed by atoms with Gasteiger partial charge in [0.2, 0.25) is 0 Å². The Balaban J connectivity index is 1.68. The lowest BCUT2D eigenvalue weighted by Gasteiger charge is -2.11. The van der Waals surface area contributed by atoms with Crippen LogP contribution in [0.2, 0.25) is 0 Å². The number of rotatable bonds is 3. The summed E-state index contributed by atoms with van der Waals surface area (Å²) in [5, 5.41) is 6.43. The fraction of sp³-hybridized carbons (Fsp3) is 0.583. The lowest BCUT2D eigenvalue weighted by molar-refractivity contribution is -0.139. The molecule has 2 rings (SSSR count). The van der Waals surface area contributed by atoms with E-state index in [9.17, 15) is 9.59 Å². The van der Waals surface area contributed by atoms with Gasteiger partial charge in [-0.25, -0.2) is 5.43 Å². The first kappa shape index (κ1) is 11.8. The standard InChI is InChI=1S/C12H17N3O2/c16-11(14-10-6-7-10)12(17)15-13-8-9-4-2-1-3-5-9/h1-2,8-10H,3-7H2,(H,14,16)(H,15,17)/b13-8+. The maximum Gasteiger partial charge on any atom is 0.329 e. The van der Waals surface area contributed by atoms with Crippen LogP contribution in [0.1, 0.15) is 32.1 Å². The number of allylic oxidation sites excluding steroid dienone is 2. The van der Waals surface area contributed by atoms with Crippen LogP contribution >= 0.6 is 0 Å². The lowest BCUT2D eigenvalue weighted by atomic mass is 9.96. The van der Waals surface area contributed by atoms with Gasteiger partial charge in [-0.1, -0.05) is 12.2 Å². The summed E-state index contributed by atoms with van der Waals surface area (Å²) in [5.74, 6) is -0.903. The molecule has 0 aromatic rings. The largest absolute Gasteiger partial charge is 0.345 e. The fourth-order valence-corrected chi connectivity index (χ4v) is 1.68. The second-order valence-electron chi connectivity index (χ2n) is 4.51. The van der Waals surface area contributed by atoms with Gasteiger partial charge in [0.1, 0.15) is 0 Å². The van der Waals surface area contributed by atoms with E-state index < -0.39 is 11.8 Å². The molecule has 1 saturated carbocycles. The SMILES string of the molecule is O=C(N/N=C/C1CC=CCC1)C(=O)NC1CC1. The predicted octanol–water partition coefficient (Wildman–Crippen LogP) is 0.723. The summed E-state index contributed by atoms with van der Waals surface area (Å²) in [4.78, 5) is 22.6. The van der Waals surface area contributed by atoms with Gasteiger partial charge in [0.05, 0.1) is 0 Å². The highest BCUT2D eigenvalue weighted by molar-refractivity contribution is 6.35. The third-order valence-electron chi connectivity index (χ3n) is 2.88. The van der Waals surface area contributed by atoms with Crippen molar-refractivity contribution in [3.05, 3.63) is 12.2 Å². The lowest BCUT2D eigenvalue weighted by Crippen LogP contribution is -2.38. The molecule has 0 bridgehead atoms. The Kier molecular flexibility index (Phi) is 3.90. The molecule has 17 heavy (non-hydrogen) atoms. The van der Waals surface area contributed by atoms with E-state index in [-0.39, 0.29) is 6.04 Å². The van der Waals surface area contributed by atoms with E-state index in [1.54, 1.807) is 6.21 Å². The number of amides is 2. The first-order valence-electron chi connectivity index (χ1n) is 6.04. The average molecular weight is 235 g/mol. The highest BCUT2D eigenvalue weighted by atomic mass is 16.2. The Morgan fingerprint density at radius 3 is 2.65 bits per heavy atom. The quantitative estimate of drug-likeness (QED) is 0.327. The predicted molar refractivity (Wildman–Crippen MR) is 64.3 cm³/mol. The monoisotopic (exact) mass is 235 g/mol. The molecule has 2 aliphatic rings. The molecule has 1 unspecified atom stereocenters. The van der Waals surface area contributed by atoms with Crippen LogP contribution in [-0.2, 0) is 9.59 Å². The van der Waals surface area contributed by atoms with Crippen LogP contribution in [0.25, 0.3) is 0 Å². The molecule has 0 radical (unpaired) electrons. The summed E-state index contributed by atoms with van der Waals surface area (Å²) in [6.45, 7) is 0. The summed E-state index contributed by atoms with van der Waals surface area (Å²) in [7, 11) is 0. The molecule has 5 nitrogen and oxygen atoms in total. The van der Waals surface area contributed by atoms with Gasteiger partial charge in [0.15, 0.2) is 0 Å². The van der Waals surface area contributed by atoms with Crippen molar-refractivity contribution in [3.8, 4) is 0 Å². The van der Waals surface area contributed by atoms with Gasteiger partial charge in [-0.3, -0.25) is 9.59 Å². The van der Waals surface area contributed by atoms with E-state index in [1.165, 1.54) is 0 Å². The Labute approximate surface area is 100 Å². The van der Waals surface area contributed by atoms with Gasteiger partial charge in [0, 0.05) is 12.3 Å². The Bertz CT molecular complexity index is 359. The first-order chi connectivity index (χ1) is 8.25. The number of hydrogen-bond donors (Lipinski definition) is 2. The third-order valence-corrected chi connectivity index (χ3v) is 2.88. The minimum atomic E-state index is -0.681. The highest BCUT2D eigenvalue weighted by Gasteiger charge is 2.26. The molecular formula is C12H17N3O2. The van der Waals surface area contributed by atoms with Crippen molar-refractivity contribution < 1.29 is 9.59 Å². The first-order valence-corrected chi connectivity index (χ1v) is 6.04. The third kappa shape index (κ3) is 4.01. The number of carbonyl (C=O) groups excluding carboxylic acids is 2. The molecule has 0 aliphatic heterocycles. The fourth-order valence-electron chi connectivity index (χ4n) is 1.68. The summed E-state index contributed by atoms with van der Waals surface area (Å²) in [5.41, 5.74) is 2.26. The second-order valence-corrected chi connectivity index (χ2v) is 4.51. The van der Waals surface area contributed by atoms with Crippen molar-refractivity contribution in [2.45, 2.75) is 38.1 Å². The van der Waals surface area contributed by atoms with E-state index in [4.69, 9.17) is 0 Å². The molecular weight excluding hydrogens is 218 g/mol. The van der Waals surface area contributed by atoms with Crippen LogP contribution < -0.4 is 10.7 Å². The number of nitrogens with zero attached hydrogens (tertiary/aromatic N) is 1. The van der Waals surface area contributed by atoms with Crippen LogP contribution in [0, 0.1) is 5.92 Å². The smallest absolute Gasteiger partial charge is 0.329 e. The van der Waals surface area contributed by atoms with Gasteiger partial charge < -0.3 is 5.32 Å². The zero-order valence-corrected chi connectivity index (χ0v) is 9.69. The van der Waals surface area contributed by atoms with Crippen molar-refractivity contribution in [3.63, 3.8) is 0 Å². The van der Waals surface area contributed by atoms with Gasteiger partial charge in [0.25, 0.3) is 0 Å². The molecule has 5 heteroatoms. The van der Waals surface area contributed by atoms with Crippen LogP contribution in [-0.4, -0.2) is 24.1 Å². The second kappa shape index (κ2) is 5.61. The zero-order chi connectivity index (χ0) is 12.1. The van der Waals surface area contributed by atoms with E-state index in [1.807, 2.05) is 0 Å². The van der Waals surface area contributed by atoms with E-state index in [0.717, 1.165) is 32.1 Å². The van der Waals surface area contributed by atoms with E-state index in [0.29, 0.717) is 5.92 Å². The average Bonchev–Trinajstić information content (AvgIpc) is 3.14. The van der Waals surface area contributed by atoms with Crippen molar-refractivity contribution in [2.24, 2.45) is 11.0 Å². The zero-order valence-electron chi connectivity index (χ0n) is 9.69. The van der Waals surface area contributed by atoms with Crippen LogP contribution in [0.15, 0.2) is 17.3 Å². The molecule has 0 heterocycles. The molecule has 2 amide bonds. The number of carbonyl (C=O) groups is 2. The summed E-state index contributed by atoms with van der Waals surface area (Å²) in [6.07, 6.45) is 11.0. The molecule has 1 fully saturated rings. The Hall–Kier alpha value is -1.65. The number of nitrogens with one attached hydrogen (secondary N) is 2. The van der Waals surface area contributed by atoms with Crippen molar-refractivity contribution in [2.75, 3.05) is 0 Å². The van der Waals surface area contributed by atoms with Crippen molar-refractivity contribution in [1.29, 1.82) is 0 Å². The minimum Gasteiger partial charge on any atom is -0.345 e.